The number of nitrogens with one attached hydrogen (secondary N) is 1. The number of carbonyl (C=O) groups is 1. The second kappa shape index (κ2) is 7.62. The third-order valence-electron chi connectivity index (χ3n) is 3.78. The summed E-state index contributed by atoms with van der Waals surface area (Å²) in [5.74, 6) is 0.173. The Morgan fingerprint density at radius 2 is 2.25 bits per heavy atom. The first-order valence-electron chi connectivity index (χ1n) is 7.55. The molecule has 1 saturated heterocycles. The van der Waals surface area contributed by atoms with Crippen molar-refractivity contribution in [1.29, 1.82) is 0 Å². The standard InChI is InChI=1S/C14H16BrClFN5O2/c15-10-8-19-22-12(7-11(16)20-13(10)22)24-14(23)18-3-6-21-4-1-9(17)2-5-21/h7-9H,1-6H2,(H,18,23). The Labute approximate surface area is 151 Å². The Balaban J connectivity index is 1.54. The zero-order valence-electron chi connectivity index (χ0n) is 12.7. The van der Waals surface area contributed by atoms with Gasteiger partial charge in [0.05, 0.1) is 10.7 Å². The van der Waals surface area contributed by atoms with Crippen LogP contribution < -0.4 is 10.1 Å². The molecule has 7 nitrogen and oxygen atoms in total. The minimum atomic E-state index is -0.702. The molecular weight excluding hydrogens is 405 g/mol. The third kappa shape index (κ3) is 4.14. The first kappa shape index (κ1) is 17.4. The normalized spacial score (nSPS) is 16.5. The number of ether oxygens (including phenoxy) is 1. The van der Waals surface area contributed by atoms with Crippen LogP contribution in [0.25, 0.3) is 5.65 Å². The molecule has 0 bridgehead atoms. The van der Waals surface area contributed by atoms with E-state index in [1.54, 1.807) is 0 Å². The van der Waals surface area contributed by atoms with Gasteiger partial charge in [-0.1, -0.05) is 11.6 Å². The van der Waals surface area contributed by atoms with Crippen molar-refractivity contribution in [2.45, 2.75) is 19.0 Å². The van der Waals surface area contributed by atoms with Crippen molar-refractivity contribution in [3.8, 4) is 5.88 Å². The number of alkyl halides is 1. The van der Waals surface area contributed by atoms with Crippen LogP contribution in [-0.4, -0.2) is 57.9 Å². The number of fused-ring (bicyclic) bond motifs is 1. The van der Waals surface area contributed by atoms with Crippen LogP contribution in [-0.2, 0) is 0 Å². The van der Waals surface area contributed by atoms with E-state index in [0.29, 0.717) is 49.1 Å². The van der Waals surface area contributed by atoms with E-state index >= 15 is 0 Å². The fourth-order valence-electron chi connectivity index (χ4n) is 2.53. The molecule has 0 aliphatic carbocycles. The summed E-state index contributed by atoms with van der Waals surface area (Å²) in [6, 6.07) is 1.42. The first-order valence-corrected chi connectivity index (χ1v) is 8.72. The molecule has 3 rings (SSSR count). The highest BCUT2D eigenvalue weighted by Crippen LogP contribution is 2.23. The molecule has 130 valence electrons. The van der Waals surface area contributed by atoms with Gasteiger partial charge in [-0.15, -0.1) is 0 Å². The van der Waals surface area contributed by atoms with Gasteiger partial charge in [0.1, 0.15) is 11.3 Å². The van der Waals surface area contributed by atoms with E-state index in [2.05, 4.69) is 36.2 Å². The molecule has 0 spiro atoms. The molecule has 0 radical (unpaired) electrons. The largest absolute Gasteiger partial charge is 0.413 e. The smallest absolute Gasteiger partial charge is 0.391 e. The fourth-order valence-corrected chi connectivity index (χ4v) is 3.05. The summed E-state index contributed by atoms with van der Waals surface area (Å²) >= 11 is 9.23. The highest BCUT2D eigenvalue weighted by atomic mass is 79.9. The summed E-state index contributed by atoms with van der Waals surface area (Å²) in [5.41, 5.74) is 0.458. The quantitative estimate of drug-likeness (QED) is 0.770. The molecule has 1 aliphatic rings. The van der Waals surface area contributed by atoms with E-state index in [1.165, 1.54) is 16.8 Å². The van der Waals surface area contributed by atoms with Gasteiger partial charge >= 0.3 is 6.09 Å². The molecule has 10 heteroatoms. The number of hydrogen-bond donors (Lipinski definition) is 1. The molecule has 1 aliphatic heterocycles. The van der Waals surface area contributed by atoms with Gasteiger partial charge in [0.15, 0.2) is 5.65 Å². The van der Waals surface area contributed by atoms with Crippen molar-refractivity contribution in [1.82, 2.24) is 24.8 Å². The van der Waals surface area contributed by atoms with Crippen LogP contribution in [0.3, 0.4) is 0 Å². The SMILES string of the molecule is O=C(NCCN1CCC(F)CC1)Oc1cc(Cl)nc2c(Br)cnn12. The van der Waals surface area contributed by atoms with E-state index in [1.807, 2.05) is 0 Å². The summed E-state index contributed by atoms with van der Waals surface area (Å²) in [5, 5.41) is 6.94. The Morgan fingerprint density at radius 3 is 3.00 bits per heavy atom. The van der Waals surface area contributed by atoms with E-state index in [9.17, 15) is 9.18 Å². The van der Waals surface area contributed by atoms with Crippen LogP contribution in [0, 0.1) is 0 Å². The van der Waals surface area contributed by atoms with Crippen molar-refractivity contribution in [3.05, 3.63) is 21.9 Å². The molecule has 0 saturated carbocycles. The number of nitrogens with zero attached hydrogens (tertiary/aromatic N) is 4. The molecule has 2 aromatic rings. The lowest BCUT2D eigenvalue weighted by Crippen LogP contribution is -2.40. The van der Waals surface area contributed by atoms with Crippen LogP contribution in [0.4, 0.5) is 9.18 Å². The fraction of sp³-hybridized carbons (Fsp3) is 0.500. The summed E-state index contributed by atoms with van der Waals surface area (Å²) in [4.78, 5) is 18.2. The Kier molecular flexibility index (Phi) is 5.52. The number of amides is 1. The summed E-state index contributed by atoms with van der Waals surface area (Å²) in [6.45, 7) is 2.49. The van der Waals surface area contributed by atoms with Crippen molar-refractivity contribution in [2.24, 2.45) is 0 Å². The van der Waals surface area contributed by atoms with E-state index in [0.717, 1.165) is 0 Å². The van der Waals surface area contributed by atoms with Crippen molar-refractivity contribution in [3.63, 3.8) is 0 Å². The lowest BCUT2D eigenvalue weighted by molar-refractivity contribution is 0.149. The van der Waals surface area contributed by atoms with Crippen molar-refractivity contribution in [2.75, 3.05) is 26.2 Å². The predicted molar refractivity (Wildman–Crippen MR) is 90.3 cm³/mol. The molecule has 1 fully saturated rings. The zero-order chi connectivity index (χ0) is 17.1. The summed E-state index contributed by atoms with van der Waals surface area (Å²) < 4.78 is 20.3. The van der Waals surface area contributed by atoms with Crippen LogP contribution in [0.1, 0.15) is 12.8 Å². The Morgan fingerprint density at radius 1 is 1.50 bits per heavy atom. The number of hydrogen-bond acceptors (Lipinski definition) is 5. The number of piperidine rings is 1. The van der Waals surface area contributed by atoms with Gasteiger partial charge in [-0.25, -0.2) is 14.2 Å². The monoisotopic (exact) mass is 419 g/mol. The molecule has 3 heterocycles. The van der Waals surface area contributed by atoms with Gasteiger partial charge in [0.25, 0.3) is 0 Å². The number of carbonyl (C=O) groups excluding carboxylic acids is 1. The van der Waals surface area contributed by atoms with Gasteiger partial charge in [0, 0.05) is 32.2 Å². The lowest BCUT2D eigenvalue weighted by Gasteiger charge is -2.28. The van der Waals surface area contributed by atoms with Crippen molar-refractivity contribution >= 4 is 39.3 Å². The highest BCUT2D eigenvalue weighted by molar-refractivity contribution is 9.10. The maximum Gasteiger partial charge on any atom is 0.413 e. The van der Waals surface area contributed by atoms with E-state index in [4.69, 9.17) is 16.3 Å². The summed E-state index contributed by atoms with van der Waals surface area (Å²) in [6.07, 6.45) is 1.33. The topological polar surface area (TPSA) is 71.8 Å². The maximum atomic E-state index is 13.1. The average molecular weight is 421 g/mol. The van der Waals surface area contributed by atoms with E-state index in [-0.39, 0.29) is 11.0 Å². The van der Waals surface area contributed by atoms with Gasteiger partial charge in [-0.2, -0.15) is 9.61 Å². The number of likely N-dealkylation sites (tertiary alicyclic amines) is 1. The summed E-state index contributed by atoms with van der Waals surface area (Å²) in [7, 11) is 0. The second-order valence-corrected chi connectivity index (χ2v) is 6.72. The number of rotatable bonds is 4. The molecule has 1 amide bonds. The van der Waals surface area contributed by atoms with Gasteiger partial charge in [0.2, 0.25) is 5.88 Å². The zero-order valence-corrected chi connectivity index (χ0v) is 15.1. The molecule has 0 atom stereocenters. The Bertz CT molecular complexity index is 735. The second-order valence-electron chi connectivity index (χ2n) is 5.48. The third-order valence-corrected chi connectivity index (χ3v) is 4.53. The van der Waals surface area contributed by atoms with Crippen LogP contribution >= 0.6 is 27.5 Å². The molecule has 24 heavy (non-hydrogen) atoms. The highest BCUT2D eigenvalue weighted by Gasteiger charge is 2.18. The first-order chi connectivity index (χ1) is 11.5. The van der Waals surface area contributed by atoms with Gasteiger partial charge in [-0.3, -0.25) is 0 Å². The molecule has 0 aromatic carbocycles. The predicted octanol–water partition coefficient (Wildman–Crippen LogP) is 2.67. The maximum absolute atomic E-state index is 13.1. The Hall–Kier alpha value is -1.45. The molecular formula is C14H16BrClFN5O2. The van der Waals surface area contributed by atoms with Crippen molar-refractivity contribution < 1.29 is 13.9 Å². The molecule has 0 unspecified atom stereocenters. The van der Waals surface area contributed by atoms with Crippen LogP contribution in [0.2, 0.25) is 5.15 Å². The minimum absolute atomic E-state index is 0.173. The lowest BCUT2D eigenvalue weighted by atomic mass is 10.1. The average Bonchev–Trinajstić information content (AvgIpc) is 2.91. The van der Waals surface area contributed by atoms with Gasteiger partial charge in [-0.05, 0) is 28.8 Å². The molecule has 2 aromatic heterocycles. The number of halogens is 3. The number of aromatic nitrogens is 3. The van der Waals surface area contributed by atoms with Crippen LogP contribution in [0.5, 0.6) is 5.88 Å². The van der Waals surface area contributed by atoms with E-state index < -0.39 is 12.3 Å². The molecule has 1 N–H and O–H groups in total. The van der Waals surface area contributed by atoms with Crippen LogP contribution in [0.15, 0.2) is 16.7 Å². The van der Waals surface area contributed by atoms with Gasteiger partial charge < -0.3 is 15.0 Å². The minimum Gasteiger partial charge on any atom is -0.391 e.